The lowest BCUT2D eigenvalue weighted by molar-refractivity contribution is 0.0596. The van der Waals surface area contributed by atoms with Gasteiger partial charge in [0, 0.05) is 11.8 Å². The number of hydrogen-bond donors (Lipinski definition) is 3. The first-order chi connectivity index (χ1) is 13.9. The molecule has 0 radical (unpaired) electrons. The van der Waals surface area contributed by atoms with Crippen molar-refractivity contribution >= 4 is 23.3 Å². The highest BCUT2D eigenvalue weighted by Crippen LogP contribution is 2.37. The van der Waals surface area contributed by atoms with Crippen LogP contribution in [0.3, 0.4) is 0 Å². The third kappa shape index (κ3) is 4.63. The van der Waals surface area contributed by atoms with Gasteiger partial charge in [-0.15, -0.1) is 0 Å². The fraction of sp³-hybridized carbons (Fsp3) is 0.174. The number of aromatic hydroxyl groups is 2. The Labute approximate surface area is 174 Å². The zero-order valence-corrected chi connectivity index (χ0v) is 16.7. The maximum absolute atomic E-state index is 12.1. The van der Waals surface area contributed by atoms with E-state index in [0.717, 1.165) is 23.6 Å². The first kappa shape index (κ1) is 20.6. The minimum Gasteiger partial charge on any atom is -0.507 e. The molecule has 3 aromatic carbocycles. The average Bonchev–Trinajstić information content (AvgIpc) is 2.71. The van der Waals surface area contributed by atoms with Crippen LogP contribution in [0.25, 0.3) is 0 Å². The second-order valence-corrected chi connectivity index (χ2v) is 7.14. The van der Waals surface area contributed by atoms with Gasteiger partial charge in [-0.05, 0) is 53.6 Å². The van der Waals surface area contributed by atoms with Crippen LogP contribution < -0.4 is 5.73 Å². The molecule has 6 heteroatoms. The van der Waals surface area contributed by atoms with Gasteiger partial charge in [-0.3, -0.25) is 0 Å². The van der Waals surface area contributed by atoms with Gasteiger partial charge in [0.1, 0.15) is 17.1 Å². The quantitative estimate of drug-likeness (QED) is 0.410. The van der Waals surface area contributed by atoms with Crippen LogP contribution in [0, 0.1) is 0 Å². The molecule has 0 aliphatic carbocycles. The number of rotatable bonds is 6. The van der Waals surface area contributed by atoms with Gasteiger partial charge in [-0.25, -0.2) is 4.79 Å². The molecule has 0 atom stereocenters. The molecular weight excluding hydrogens is 390 g/mol. The van der Waals surface area contributed by atoms with Gasteiger partial charge in [0.25, 0.3) is 0 Å². The van der Waals surface area contributed by atoms with E-state index >= 15 is 0 Å². The molecule has 0 aliphatic rings. The molecule has 3 rings (SSSR count). The zero-order valence-electron chi connectivity index (χ0n) is 16.0. The molecular formula is C23H22ClNO4. The van der Waals surface area contributed by atoms with E-state index in [0.29, 0.717) is 24.1 Å². The van der Waals surface area contributed by atoms with Gasteiger partial charge >= 0.3 is 5.97 Å². The summed E-state index contributed by atoms with van der Waals surface area (Å²) in [7, 11) is 1.22. The molecule has 4 N–H and O–H groups in total. The normalized spacial score (nSPS) is 10.7. The summed E-state index contributed by atoms with van der Waals surface area (Å²) in [6.07, 6.45) is 1.57. The van der Waals surface area contributed by atoms with E-state index in [4.69, 9.17) is 22.1 Å². The fourth-order valence-corrected chi connectivity index (χ4v) is 3.62. The number of aryl methyl sites for hydroxylation is 1. The Hall–Kier alpha value is -3.18. The van der Waals surface area contributed by atoms with Crippen LogP contribution in [0.15, 0.2) is 54.6 Å². The number of nitrogens with two attached hydrogens (primary N) is 1. The Morgan fingerprint density at radius 3 is 2.41 bits per heavy atom. The van der Waals surface area contributed by atoms with Gasteiger partial charge in [0.15, 0.2) is 0 Å². The Bertz CT molecular complexity index is 1030. The molecule has 5 nitrogen and oxygen atoms in total. The lowest BCUT2D eigenvalue weighted by atomic mass is 9.93. The van der Waals surface area contributed by atoms with Gasteiger partial charge < -0.3 is 20.7 Å². The SMILES string of the molecule is COC(=O)c1c(O)cc(O)c(Cl)c1CCc1cc(N)ccc1Cc1ccccc1. The number of carbonyl (C=O) groups is 1. The van der Waals surface area contributed by atoms with E-state index in [1.54, 1.807) is 0 Å². The topological polar surface area (TPSA) is 92.8 Å². The van der Waals surface area contributed by atoms with Gasteiger partial charge in [-0.2, -0.15) is 0 Å². The second kappa shape index (κ2) is 8.88. The molecule has 29 heavy (non-hydrogen) atoms. The molecule has 0 bridgehead atoms. The number of benzene rings is 3. The fourth-order valence-electron chi connectivity index (χ4n) is 3.38. The summed E-state index contributed by atoms with van der Waals surface area (Å²) in [5.74, 6) is -1.37. The number of anilines is 1. The molecule has 0 unspecified atom stereocenters. The summed E-state index contributed by atoms with van der Waals surface area (Å²) in [6, 6.07) is 16.8. The summed E-state index contributed by atoms with van der Waals surface area (Å²) in [6.45, 7) is 0. The molecule has 0 amide bonds. The zero-order chi connectivity index (χ0) is 21.0. The average molecular weight is 412 g/mol. The molecule has 0 aliphatic heterocycles. The maximum atomic E-state index is 12.1. The van der Waals surface area contributed by atoms with Crippen LogP contribution in [0.2, 0.25) is 5.02 Å². The van der Waals surface area contributed by atoms with Crippen molar-refractivity contribution in [3.63, 3.8) is 0 Å². The third-order valence-electron chi connectivity index (χ3n) is 4.82. The van der Waals surface area contributed by atoms with E-state index in [-0.39, 0.29) is 22.1 Å². The predicted molar refractivity (Wildman–Crippen MR) is 114 cm³/mol. The number of phenolic OH excluding ortho intramolecular Hbond substituents is 2. The smallest absolute Gasteiger partial charge is 0.341 e. The summed E-state index contributed by atoms with van der Waals surface area (Å²) in [5, 5.41) is 20.2. The van der Waals surface area contributed by atoms with E-state index in [9.17, 15) is 15.0 Å². The molecule has 0 fully saturated rings. The number of hydrogen-bond acceptors (Lipinski definition) is 5. The summed E-state index contributed by atoms with van der Waals surface area (Å²) in [5.41, 5.74) is 10.2. The van der Waals surface area contributed by atoms with Crippen LogP contribution in [-0.2, 0) is 24.0 Å². The lowest BCUT2D eigenvalue weighted by Gasteiger charge is -2.15. The van der Waals surface area contributed by atoms with Crippen molar-refractivity contribution < 1.29 is 19.7 Å². The van der Waals surface area contributed by atoms with Crippen LogP contribution in [0.1, 0.15) is 32.6 Å². The number of ether oxygens (including phenoxy) is 1. The summed E-state index contributed by atoms with van der Waals surface area (Å²) < 4.78 is 4.77. The first-order valence-corrected chi connectivity index (χ1v) is 9.51. The lowest BCUT2D eigenvalue weighted by Crippen LogP contribution is -2.09. The van der Waals surface area contributed by atoms with Crippen molar-refractivity contribution in [3.05, 3.63) is 87.4 Å². The van der Waals surface area contributed by atoms with Crippen molar-refractivity contribution in [1.82, 2.24) is 0 Å². The predicted octanol–water partition coefficient (Wildman–Crippen LogP) is 4.50. The molecule has 0 saturated carbocycles. The summed E-state index contributed by atoms with van der Waals surface area (Å²) >= 11 is 6.24. The summed E-state index contributed by atoms with van der Waals surface area (Å²) in [4.78, 5) is 12.1. The van der Waals surface area contributed by atoms with Crippen LogP contribution in [0.4, 0.5) is 5.69 Å². The molecule has 0 heterocycles. The highest BCUT2D eigenvalue weighted by atomic mass is 35.5. The van der Waals surface area contributed by atoms with Crippen LogP contribution >= 0.6 is 11.6 Å². The monoisotopic (exact) mass is 411 g/mol. The van der Waals surface area contributed by atoms with Gasteiger partial charge in [0.05, 0.1) is 12.1 Å². The Morgan fingerprint density at radius 2 is 1.72 bits per heavy atom. The first-order valence-electron chi connectivity index (χ1n) is 9.13. The number of nitrogen functional groups attached to an aromatic ring is 1. The minimum atomic E-state index is -0.712. The Balaban J connectivity index is 1.94. The van der Waals surface area contributed by atoms with Crippen molar-refractivity contribution in [3.8, 4) is 11.5 Å². The van der Waals surface area contributed by atoms with Crippen LogP contribution in [0.5, 0.6) is 11.5 Å². The van der Waals surface area contributed by atoms with Crippen LogP contribution in [-0.4, -0.2) is 23.3 Å². The van der Waals surface area contributed by atoms with Crippen molar-refractivity contribution in [1.29, 1.82) is 0 Å². The third-order valence-corrected chi connectivity index (χ3v) is 5.24. The number of esters is 1. The highest BCUT2D eigenvalue weighted by Gasteiger charge is 2.23. The molecule has 0 aromatic heterocycles. The standard InChI is InChI=1S/C23H22ClNO4/c1-29-23(28)21-18(22(24)20(27)13-19(21)26)10-8-16-12-17(25)9-7-15(16)11-14-5-3-2-4-6-14/h2-7,9,12-13,26-27H,8,10-11,25H2,1H3. The molecule has 0 spiro atoms. The largest absolute Gasteiger partial charge is 0.507 e. The van der Waals surface area contributed by atoms with Crippen molar-refractivity contribution in [2.45, 2.75) is 19.3 Å². The highest BCUT2D eigenvalue weighted by molar-refractivity contribution is 6.33. The Kier molecular flexibility index (Phi) is 6.29. The van der Waals surface area contributed by atoms with Crippen molar-refractivity contribution in [2.24, 2.45) is 0 Å². The van der Waals surface area contributed by atoms with E-state index in [1.165, 1.54) is 12.7 Å². The Morgan fingerprint density at radius 1 is 1.00 bits per heavy atom. The molecule has 0 saturated heterocycles. The number of methoxy groups -OCH3 is 1. The second-order valence-electron chi connectivity index (χ2n) is 6.76. The molecule has 150 valence electrons. The van der Waals surface area contributed by atoms with E-state index in [1.807, 2.05) is 36.4 Å². The van der Waals surface area contributed by atoms with E-state index in [2.05, 4.69) is 12.1 Å². The minimum absolute atomic E-state index is 0.0247. The number of carbonyl (C=O) groups excluding carboxylic acids is 1. The van der Waals surface area contributed by atoms with Gasteiger partial charge in [-0.1, -0.05) is 48.0 Å². The van der Waals surface area contributed by atoms with Crippen molar-refractivity contribution in [2.75, 3.05) is 12.8 Å². The number of halogens is 1. The molecule has 3 aromatic rings. The number of phenols is 2. The van der Waals surface area contributed by atoms with Gasteiger partial charge in [0.2, 0.25) is 0 Å². The maximum Gasteiger partial charge on any atom is 0.341 e. The van der Waals surface area contributed by atoms with E-state index < -0.39 is 5.97 Å².